The number of aromatic nitrogens is 3. The van der Waals surface area contributed by atoms with E-state index >= 15 is 0 Å². The van der Waals surface area contributed by atoms with Crippen LogP contribution in [0.5, 0.6) is 5.75 Å². The maximum absolute atomic E-state index is 6.25. The first-order chi connectivity index (χ1) is 11.7. The monoisotopic (exact) mass is 358 g/mol. The molecule has 0 spiro atoms. The Labute approximate surface area is 149 Å². The summed E-state index contributed by atoms with van der Waals surface area (Å²) in [6, 6.07) is 15.1. The molecule has 7 heteroatoms. The van der Waals surface area contributed by atoms with E-state index in [1.54, 1.807) is 17.0 Å². The summed E-state index contributed by atoms with van der Waals surface area (Å²) in [6.45, 7) is 2.52. The van der Waals surface area contributed by atoms with Crippen molar-refractivity contribution >= 4 is 30.0 Å². The number of nitrogens with zero attached hydrogens (tertiary/aromatic N) is 3. The summed E-state index contributed by atoms with van der Waals surface area (Å²) in [6.07, 6.45) is 1.69. The van der Waals surface area contributed by atoms with Crippen LogP contribution in [0.15, 0.2) is 53.6 Å². The van der Waals surface area contributed by atoms with Gasteiger partial charge in [0, 0.05) is 11.1 Å². The van der Waals surface area contributed by atoms with Gasteiger partial charge in [0.05, 0.1) is 17.8 Å². The number of rotatable bonds is 5. The molecule has 0 saturated heterocycles. The Morgan fingerprint density at radius 1 is 1.25 bits per heavy atom. The van der Waals surface area contributed by atoms with E-state index in [0.717, 1.165) is 16.9 Å². The molecule has 2 aromatic carbocycles. The third-order valence-electron chi connectivity index (χ3n) is 3.30. The lowest BCUT2D eigenvalue weighted by Crippen LogP contribution is -1.98. The Balaban J connectivity index is 2.02. The summed E-state index contributed by atoms with van der Waals surface area (Å²) >= 11 is 11.5. The van der Waals surface area contributed by atoms with Crippen molar-refractivity contribution in [1.82, 2.24) is 14.9 Å². The van der Waals surface area contributed by atoms with E-state index in [-0.39, 0.29) is 0 Å². The maximum Gasteiger partial charge on any atom is 0.216 e. The molecule has 1 N–H and O–H groups in total. The number of hydrogen-bond donors (Lipinski definition) is 1. The molecule has 0 unspecified atom stereocenters. The quantitative estimate of drug-likeness (QED) is 0.538. The third-order valence-corrected chi connectivity index (χ3v) is 3.89. The minimum atomic E-state index is 0.384. The molecule has 0 saturated carbocycles. The number of para-hydroxylation sites is 1. The zero-order chi connectivity index (χ0) is 16.9. The molecule has 0 aliphatic rings. The van der Waals surface area contributed by atoms with E-state index < -0.39 is 0 Å². The van der Waals surface area contributed by atoms with Crippen molar-refractivity contribution in [2.75, 3.05) is 6.61 Å². The Kier molecular flexibility index (Phi) is 5.08. The lowest BCUT2D eigenvalue weighted by atomic mass is 10.2. The van der Waals surface area contributed by atoms with E-state index in [9.17, 15) is 0 Å². The molecule has 0 radical (unpaired) electrons. The van der Waals surface area contributed by atoms with Crippen LogP contribution in [0.25, 0.3) is 11.4 Å². The molecule has 0 aliphatic carbocycles. The highest BCUT2D eigenvalue weighted by Crippen LogP contribution is 2.26. The predicted octanol–water partition coefficient (Wildman–Crippen LogP) is 4.54. The van der Waals surface area contributed by atoms with Gasteiger partial charge >= 0.3 is 0 Å². The Morgan fingerprint density at radius 2 is 2.00 bits per heavy atom. The molecule has 1 heterocycles. The van der Waals surface area contributed by atoms with Crippen LogP contribution >= 0.6 is 23.8 Å². The molecule has 0 fully saturated rings. The van der Waals surface area contributed by atoms with Crippen molar-refractivity contribution in [1.29, 1.82) is 0 Å². The third kappa shape index (κ3) is 3.39. The number of H-pyrrole nitrogens is 1. The zero-order valence-electron chi connectivity index (χ0n) is 12.9. The molecular weight excluding hydrogens is 344 g/mol. The molecule has 122 valence electrons. The summed E-state index contributed by atoms with van der Waals surface area (Å²) in [7, 11) is 0. The van der Waals surface area contributed by atoms with E-state index in [1.807, 2.05) is 49.4 Å². The number of nitrogens with one attached hydrogen (secondary N) is 1. The van der Waals surface area contributed by atoms with Crippen LogP contribution in [0, 0.1) is 4.77 Å². The van der Waals surface area contributed by atoms with Gasteiger partial charge < -0.3 is 4.74 Å². The van der Waals surface area contributed by atoms with E-state index in [2.05, 4.69) is 15.3 Å². The molecule has 0 amide bonds. The van der Waals surface area contributed by atoms with Crippen molar-refractivity contribution in [3.8, 4) is 17.1 Å². The Morgan fingerprint density at radius 3 is 2.79 bits per heavy atom. The van der Waals surface area contributed by atoms with Gasteiger partial charge in [-0.1, -0.05) is 35.9 Å². The SMILES string of the molecule is CCOc1ccccc1/C=N\n1c(-c2ccccc2Cl)n[nH]c1=S. The van der Waals surface area contributed by atoms with Crippen molar-refractivity contribution in [3.63, 3.8) is 0 Å². The van der Waals surface area contributed by atoms with Crippen molar-refractivity contribution in [3.05, 3.63) is 63.9 Å². The Bertz CT molecular complexity index is 932. The average molecular weight is 359 g/mol. The first-order valence-corrected chi connectivity index (χ1v) is 8.18. The van der Waals surface area contributed by atoms with Crippen LogP contribution in [0.3, 0.4) is 0 Å². The number of halogens is 1. The van der Waals surface area contributed by atoms with Gasteiger partial charge in [-0.25, -0.2) is 5.10 Å². The molecule has 24 heavy (non-hydrogen) atoms. The normalized spacial score (nSPS) is 11.1. The van der Waals surface area contributed by atoms with Gasteiger partial charge in [-0.3, -0.25) is 0 Å². The van der Waals surface area contributed by atoms with Gasteiger partial charge in [-0.15, -0.1) is 0 Å². The summed E-state index contributed by atoms with van der Waals surface area (Å²) < 4.78 is 7.53. The summed E-state index contributed by atoms with van der Waals surface area (Å²) in [5, 5.41) is 12.0. The van der Waals surface area contributed by atoms with Crippen molar-refractivity contribution in [2.45, 2.75) is 6.92 Å². The molecular formula is C17H15ClN4OS. The first kappa shape index (κ1) is 16.4. The first-order valence-electron chi connectivity index (χ1n) is 7.39. The van der Waals surface area contributed by atoms with Crippen LogP contribution in [-0.2, 0) is 0 Å². The second-order valence-corrected chi connectivity index (χ2v) is 5.65. The largest absolute Gasteiger partial charge is 0.493 e. The fraction of sp³-hybridized carbons (Fsp3) is 0.118. The highest BCUT2D eigenvalue weighted by atomic mass is 35.5. The zero-order valence-corrected chi connectivity index (χ0v) is 14.5. The summed E-state index contributed by atoms with van der Waals surface area (Å²) in [5.74, 6) is 1.31. The minimum Gasteiger partial charge on any atom is -0.493 e. The van der Waals surface area contributed by atoms with Crippen molar-refractivity contribution < 1.29 is 4.74 Å². The van der Waals surface area contributed by atoms with Crippen LogP contribution in [-0.4, -0.2) is 27.7 Å². The van der Waals surface area contributed by atoms with Crippen LogP contribution in [0.2, 0.25) is 5.02 Å². The lowest BCUT2D eigenvalue weighted by Gasteiger charge is -2.06. The number of benzene rings is 2. The molecule has 3 aromatic rings. The van der Waals surface area contributed by atoms with Crippen LogP contribution in [0.4, 0.5) is 0 Å². The van der Waals surface area contributed by atoms with Crippen LogP contribution < -0.4 is 4.74 Å². The minimum absolute atomic E-state index is 0.384. The van der Waals surface area contributed by atoms with Gasteiger partial charge in [-0.2, -0.15) is 14.9 Å². The smallest absolute Gasteiger partial charge is 0.216 e. The van der Waals surface area contributed by atoms with Gasteiger partial charge in [0.25, 0.3) is 0 Å². The average Bonchev–Trinajstić information content (AvgIpc) is 2.95. The van der Waals surface area contributed by atoms with E-state index in [0.29, 0.717) is 22.2 Å². The molecule has 5 nitrogen and oxygen atoms in total. The fourth-order valence-electron chi connectivity index (χ4n) is 2.21. The molecule has 0 aliphatic heterocycles. The predicted molar refractivity (Wildman–Crippen MR) is 98.5 cm³/mol. The van der Waals surface area contributed by atoms with Crippen LogP contribution in [0.1, 0.15) is 12.5 Å². The van der Waals surface area contributed by atoms with Gasteiger partial charge in [0.15, 0.2) is 5.82 Å². The van der Waals surface area contributed by atoms with E-state index in [1.165, 1.54) is 0 Å². The second kappa shape index (κ2) is 7.42. The lowest BCUT2D eigenvalue weighted by molar-refractivity contribution is 0.340. The van der Waals surface area contributed by atoms with E-state index in [4.69, 9.17) is 28.6 Å². The number of hydrogen-bond acceptors (Lipinski definition) is 4. The van der Waals surface area contributed by atoms with Gasteiger partial charge in [0.1, 0.15) is 5.75 Å². The topological polar surface area (TPSA) is 55.2 Å². The number of aromatic amines is 1. The van der Waals surface area contributed by atoms with Gasteiger partial charge in [0.2, 0.25) is 4.77 Å². The Hall–Kier alpha value is -2.44. The molecule has 0 bridgehead atoms. The maximum atomic E-state index is 6.25. The highest BCUT2D eigenvalue weighted by Gasteiger charge is 2.11. The number of ether oxygens (including phenoxy) is 1. The standard InChI is InChI=1S/C17H15ClN4OS/c1-2-23-15-10-6-3-7-12(15)11-19-22-16(20-21-17(22)24)13-8-4-5-9-14(13)18/h3-11H,2H2,1H3,(H,21,24)/b19-11-. The van der Waals surface area contributed by atoms with Crippen molar-refractivity contribution in [2.24, 2.45) is 5.10 Å². The molecule has 0 atom stereocenters. The highest BCUT2D eigenvalue weighted by molar-refractivity contribution is 7.71. The molecule has 1 aromatic heterocycles. The second-order valence-electron chi connectivity index (χ2n) is 4.86. The molecule has 3 rings (SSSR count). The summed E-state index contributed by atoms with van der Waals surface area (Å²) in [5.41, 5.74) is 1.61. The van der Waals surface area contributed by atoms with Gasteiger partial charge in [-0.05, 0) is 43.4 Å². The summed E-state index contributed by atoms with van der Waals surface area (Å²) in [4.78, 5) is 0. The fourth-order valence-corrected chi connectivity index (χ4v) is 2.61.